The number of nitrogens with zero attached hydrogens (tertiary/aromatic N) is 2. The van der Waals surface area contributed by atoms with Crippen molar-refractivity contribution in [1.82, 2.24) is 4.98 Å². The zero-order valence-electron chi connectivity index (χ0n) is 11.4. The molecule has 110 valence electrons. The van der Waals surface area contributed by atoms with Gasteiger partial charge in [-0.2, -0.15) is 0 Å². The molecule has 2 heterocycles. The van der Waals surface area contributed by atoms with E-state index in [1.54, 1.807) is 17.6 Å². The average Bonchev–Trinajstić information content (AvgIpc) is 2.94. The van der Waals surface area contributed by atoms with Crippen LogP contribution in [-0.4, -0.2) is 30.6 Å². The summed E-state index contributed by atoms with van der Waals surface area (Å²) in [5.74, 6) is 0.0622. The number of aromatic nitrogens is 1. The van der Waals surface area contributed by atoms with Gasteiger partial charge < -0.3 is 15.0 Å². The predicted octanol–water partition coefficient (Wildman–Crippen LogP) is 2.51. The second kappa shape index (κ2) is 5.69. The van der Waals surface area contributed by atoms with E-state index in [0.717, 1.165) is 5.69 Å². The van der Waals surface area contributed by atoms with Gasteiger partial charge in [0.05, 0.1) is 18.2 Å². The molecule has 1 aliphatic heterocycles. The minimum Gasteiger partial charge on any atom is -0.489 e. The highest BCUT2D eigenvalue weighted by molar-refractivity contribution is 7.13. The molecular formula is C14H14FN3O2S. The van der Waals surface area contributed by atoms with Gasteiger partial charge in [-0.15, -0.1) is 11.3 Å². The maximum absolute atomic E-state index is 13.2. The van der Waals surface area contributed by atoms with Gasteiger partial charge in [0.25, 0.3) is 0 Å². The zero-order valence-corrected chi connectivity index (χ0v) is 12.2. The summed E-state index contributed by atoms with van der Waals surface area (Å²) in [6.45, 7) is 0.345. The molecule has 1 atom stereocenters. The third-order valence-corrected chi connectivity index (χ3v) is 4.07. The second-order valence-electron chi connectivity index (χ2n) is 4.78. The van der Waals surface area contributed by atoms with Crippen molar-refractivity contribution in [3.8, 4) is 5.75 Å². The molecule has 21 heavy (non-hydrogen) atoms. The summed E-state index contributed by atoms with van der Waals surface area (Å²) < 4.78 is 18.7. The Labute approximate surface area is 125 Å². The summed E-state index contributed by atoms with van der Waals surface area (Å²) in [5, 5.41) is 5.14. The van der Waals surface area contributed by atoms with Crippen LogP contribution < -0.4 is 15.0 Å². The molecule has 0 radical (unpaired) electrons. The Morgan fingerprint density at radius 3 is 3.24 bits per heavy atom. The number of anilines is 2. The highest BCUT2D eigenvalue weighted by atomic mass is 32.1. The van der Waals surface area contributed by atoms with Crippen LogP contribution in [0, 0.1) is 5.82 Å². The number of fused-ring (bicyclic) bond motifs is 1. The van der Waals surface area contributed by atoms with Gasteiger partial charge in [0.1, 0.15) is 18.2 Å². The molecule has 0 unspecified atom stereocenters. The van der Waals surface area contributed by atoms with Crippen molar-refractivity contribution in [2.75, 3.05) is 23.9 Å². The summed E-state index contributed by atoms with van der Waals surface area (Å²) in [7, 11) is 1.88. The first-order valence-electron chi connectivity index (χ1n) is 6.48. The van der Waals surface area contributed by atoms with Gasteiger partial charge in [0.2, 0.25) is 5.91 Å². The third kappa shape index (κ3) is 2.97. The van der Waals surface area contributed by atoms with Crippen LogP contribution in [0.1, 0.15) is 6.42 Å². The van der Waals surface area contributed by atoms with E-state index in [-0.39, 0.29) is 24.2 Å². The molecule has 0 fully saturated rings. The van der Waals surface area contributed by atoms with Crippen molar-refractivity contribution in [1.29, 1.82) is 0 Å². The molecule has 0 aliphatic carbocycles. The molecule has 7 heteroatoms. The molecule has 3 rings (SSSR count). The Bertz CT molecular complexity index is 648. The Morgan fingerprint density at radius 2 is 2.48 bits per heavy atom. The predicted molar refractivity (Wildman–Crippen MR) is 79.4 cm³/mol. The number of hydrogen-bond donors (Lipinski definition) is 1. The van der Waals surface area contributed by atoms with E-state index >= 15 is 0 Å². The van der Waals surface area contributed by atoms with Gasteiger partial charge in [-0.25, -0.2) is 9.37 Å². The van der Waals surface area contributed by atoms with Crippen LogP contribution in [0.3, 0.4) is 0 Å². The molecule has 0 saturated heterocycles. The Hall–Kier alpha value is -2.15. The smallest absolute Gasteiger partial charge is 0.228 e. The summed E-state index contributed by atoms with van der Waals surface area (Å²) >= 11 is 1.37. The quantitative estimate of drug-likeness (QED) is 0.946. The molecular weight excluding hydrogens is 293 g/mol. The monoisotopic (exact) mass is 307 g/mol. The van der Waals surface area contributed by atoms with Gasteiger partial charge in [-0.05, 0) is 12.1 Å². The van der Waals surface area contributed by atoms with Crippen molar-refractivity contribution in [2.24, 2.45) is 0 Å². The SMILES string of the molecule is CN1c2ccc(F)cc2OC[C@H]1CC(=O)Nc1nccs1. The summed E-state index contributed by atoms with van der Waals surface area (Å²) in [6, 6.07) is 4.31. The number of nitrogens with one attached hydrogen (secondary N) is 1. The van der Waals surface area contributed by atoms with Gasteiger partial charge in [0, 0.05) is 24.7 Å². The van der Waals surface area contributed by atoms with Gasteiger partial charge >= 0.3 is 0 Å². The molecule has 1 aromatic carbocycles. The number of halogens is 1. The fourth-order valence-electron chi connectivity index (χ4n) is 2.25. The fourth-order valence-corrected chi connectivity index (χ4v) is 2.80. The number of carbonyl (C=O) groups excluding carboxylic acids is 1. The molecule has 0 saturated carbocycles. The number of amides is 1. The summed E-state index contributed by atoms with van der Waals surface area (Å²) in [6.07, 6.45) is 1.92. The number of thiazole rings is 1. The first kappa shape index (κ1) is 13.8. The van der Waals surface area contributed by atoms with Crippen LogP contribution in [0.25, 0.3) is 0 Å². The van der Waals surface area contributed by atoms with Crippen LogP contribution in [0.2, 0.25) is 0 Å². The van der Waals surface area contributed by atoms with Crippen LogP contribution in [0.15, 0.2) is 29.8 Å². The highest BCUT2D eigenvalue weighted by Crippen LogP contribution is 2.34. The van der Waals surface area contributed by atoms with Gasteiger partial charge in [-0.3, -0.25) is 4.79 Å². The van der Waals surface area contributed by atoms with Crippen molar-refractivity contribution in [2.45, 2.75) is 12.5 Å². The lowest BCUT2D eigenvalue weighted by Gasteiger charge is -2.35. The lowest BCUT2D eigenvalue weighted by Crippen LogP contribution is -2.42. The van der Waals surface area contributed by atoms with Crippen LogP contribution in [0.5, 0.6) is 5.75 Å². The third-order valence-electron chi connectivity index (χ3n) is 3.38. The van der Waals surface area contributed by atoms with Crippen LogP contribution in [0.4, 0.5) is 15.2 Å². The number of rotatable bonds is 3. The second-order valence-corrected chi connectivity index (χ2v) is 5.67. The number of hydrogen-bond acceptors (Lipinski definition) is 5. The first-order chi connectivity index (χ1) is 10.1. The largest absolute Gasteiger partial charge is 0.489 e. The lowest BCUT2D eigenvalue weighted by molar-refractivity contribution is -0.116. The van der Waals surface area contributed by atoms with Gasteiger partial charge in [0.15, 0.2) is 5.13 Å². The summed E-state index contributed by atoms with van der Waals surface area (Å²) in [5.41, 5.74) is 0.787. The van der Waals surface area contributed by atoms with Crippen molar-refractivity contribution in [3.05, 3.63) is 35.6 Å². The molecule has 1 aliphatic rings. The maximum Gasteiger partial charge on any atom is 0.228 e. The standard InChI is InChI=1S/C14H14FN3O2S/c1-18-10(7-13(19)17-14-16-4-5-21-14)8-20-12-6-9(15)2-3-11(12)18/h2-6,10H,7-8H2,1H3,(H,16,17,19)/t10-/m1/s1. The molecule has 1 amide bonds. The Kier molecular flexibility index (Phi) is 3.74. The van der Waals surface area contributed by atoms with E-state index in [4.69, 9.17) is 4.74 Å². The van der Waals surface area contributed by atoms with Crippen LogP contribution in [-0.2, 0) is 4.79 Å². The number of likely N-dealkylation sites (N-methyl/N-ethyl adjacent to an activating group) is 1. The lowest BCUT2D eigenvalue weighted by atomic mass is 10.1. The molecule has 2 aromatic rings. The van der Waals surface area contributed by atoms with E-state index in [1.807, 2.05) is 11.9 Å². The normalized spacial score (nSPS) is 17.0. The molecule has 1 aromatic heterocycles. The molecule has 1 N–H and O–H groups in total. The number of benzene rings is 1. The summed E-state index contributed by atoms with van der Waals surface area (Å²) in [4.78, 5) is 18.0. The van der Waals surface area contributed by atoms with Crippen molar-refractivity contribution >= 4 is 28.1 Å². The van der Waals surface area contributed by atoms with Crippen molar-refractivity contribution < 1.29 is 13.9 Å². The van der Waals surface area contributed by atoms with E-state index in [1.165, 1.54) is 23.5 Å². The zero-order chi connectivity index (χ0) is 14.8. The van der Waals surface area contributed by atoms with Crippen molar-refractivity contribution in [3.63, 3.8) is 0 Å². The first-order valence-corrected chi connectivity index (χ1v) is 7.36. The van der Waals surface area contributed by atoms with E-state index < -0.39 is 0 Å². The highest BCUT2D eigenvalue weighted by Gasteiger charge is 2.27. The van der Waals surface area contributed by atoms with E-state index in [9.17, 15) is 9.18 Å². The number of carbonyl (C=O) groups is 1. The topological polar surface area (TPSA) is 54.5 Å². The Balaban J connectivity index is 1.67. The Morgan fingerprint density at radius 1 is 1.62 bits per heavy atom. The van der Waals surface area contributed by atoms with Gasteiger partial charge in [-0.1, -0.05) is 0 Å². The maximum atomic E-state index is 13.2. The molecule has 0 spiro atoms. The molecule has 5 nitrogen and oxygen atoms in total. The van der Waals surface area contributed by atoms with Crippen LogP contribution >= 0.6 is 11.3 Å². The van der Waals surface area contributed by atoms with E-state index in [2.05, 4.69) is 10.3 Å². The van der Waals surface area contributed by atoms with E-state index in [0.29, 0.717) is 17.5 Å². The average molecular weight is 307 g/mol. The fraction of sp³-hybridized carbons (Fsp3) is 0.286. The minimum atomic E-state index is -0.331. The molecule has 0 bridgehead atoms. The minimum absolute atomic E-state index is 0.0945. The number of ether oxygens (including phenoxy) is 1.